The summed E-state index contributed by atoms with van der Waals surface area (Å²) in [4.78, 5) is 58.5. The molecule has 0 unspecified atom stereocenters. The SMILES string of the molecule is C=CCOC(=O)NCc1ccc(Nc2c3ccccc3nc3c(C(=O)ON4C(=O)CCC4=O)cccc23)cc1. The number of amides is 3. The van der Waals surface area contributed by atoms with Gasteiger partial charge >= 0.3 is 12.1 Å². The molecule has 0 atom stereocenters. The summed E-state index contributed by atoms with van der Waals surface area (Å²) in [6, 6.07) is 20.0. The van der Waals surface area contributed by atoms with E-state index in [1.54, 1.807) is 12.1 Å². The maximum Gasteiger partial charge on any atom is 0.407 e. The molecule has 2 heterocycles. The minimum atomic E-state index is -0.846. The number of ether oxygens (including phenoxy) is 1. The molecule has 3 aromatic carbocycles. The third kappa shape index (κ3) is 5.40. The Morgan fingerprint density at radius 3 is 2.41 bits per heavy atom. The zero-order chi connectivity index (χ0) is 27.4. The van der Waals surface area contributed by atoms with E-state index in [9.17, 15) is 19.2 Å². The molecule has 1 aliphatic heterocycles. The van der Waals surface area contributed by atoms with Crippen LogP contribution in [0.1, 0.15) is 28.8 Å². The van der Waals surface area contributed by atoms with Gasteiger partial charge in [-0.05, 0) is 29.8 Å². The highest BCUT2D eigenvalue weighted by Gasteiger charge is 2.33. The van der Waals surface area contributed by atoms with Crippen molar-refractivity contribution in [3.05, 3.63) is 90.5 Å². The lowest BCUT2D eigenvalue weighted by Crippen LogP contribution is -2.32. The van der Waals surface area contributed by atoms with Gasteiger partial charge in [-0.2, -0.15) is 0 Å². The monoisotopic (exact) mass is 524 g/mol. The molecule has 196 valence electrons. The van der Waals surface area contributed by atoms with Crippen molar-refractivity contribution in [3.8, 4) is 0 Å². The van der Waals surface area contributed by atoms with Crippen molar-refractivity contribution in [2.45, 2.75) is 19.4 Å². The molecule has 5 rings (SSSR count). The van der Waals surface area contributed by atoms with Crippen molar-refractivity contribution >= 4 is 57.1 Å². The summed E-state index contributed by atoms with van der Waals surface area (Å²) < 4.78 is 4.92. The minimum absolute atomic E-state index is 0.00680. The number of nitrogens with one attached hydrogen (secondary N) is 2. The normalized spacial score (nSPS) is 13.0. The number of hydrogen-bond donors (Lipinski definition) is 2. The van der Waals surface area contributed by atoms with Gasteiger partial charge in [-0.25, -0.2) is 14.6 Å². The lowest BCUT2D eigenvalue weighted by atomic mass is 10.0. The minimum Gasteiger partial charge on any atom is -0.445 e. The maximum absolute atomic E-state index is 13.0. The lowest BCUT2D eigenvalue weighted by molar-refractivity contribution is -0.172. The number of alkyl carbamates (subject to hydrolysis) is 1. The van der Waals surface area contributed by atoms with E-state index in [0.717, 1.165) is 22.3 Å². The highest BCUT2D eigenvalue weighted by atomic mass is 16.7. The van der Waals surface area contributed by atoms with Gasteiger partial charge in [0.25, 0.3) is 11.8 Å². The Kier molecular flexibility index (Phi) is 7.17. The van der Waals surface area contributed by atoms with Gasteiger partial charge in [0.05, 0.1) is 22.3 Å². The van der Waals surface area contributed by atoms with Crippen LogP contribution in [0.2, 0.25) is 0 Å². The van der Waals surface area contributed by atoms with Gasteiger partial charge in [0, 0.05) is 35.8 Å². The quantitative estimate of drug-likeness (QED) is 0.192. The number of aromatic nitrogens is 1. The van der Waals surface area contributed by atoms with Gasteiger partial charge in [0.1, 0.15) is 6.61 Å². The van der Waals surface area contributed by atoms with E-state index in [2.05, 4.69) is 17.2 Å². The molecule has 0 bridgehead atoms. The Balaban J connectivity index is 1.45. The summed E-state index contributed by atoms with van der Waals surface area (Å²) in [6.07, 6.45) is 0.979. The topological polar surface area (TPSA) is 127 Å². The molecule has 2 N–H and O–H groups in total. The van der Waals surface area contributed by atoms with Crippen LogP contribution < -0.4 is 10.6 Å². The number of hydrogen-bond acceptors (Lipinski definition) is 8. The fourth-order valence-electron chi connectivity index (χ4n) is 4.21. The zero-order valence-electron chi connectivity index (χ0n) is 20.8. The molecule has 0 saturated carbocycles. The molecule has 1 aromatic heterocycles. The number of imide groups is 1. The van der Waals surface area contributed by atoms with E-state index in [1.165, 1.54) is 6.08 Å². The van der Waals surface area contributed by atoms with E-state index < -0.39 is 23.9 Å². The number of anilines is 2. The van der Waals surface area contributed by atoms with Crippen molar-refractivity contribution in [3.63, 3.8) is 0 Å². The fraction of sp³-hybridized carbons (Fsp3) is 0.138. The first-order valence-corrected chi connectivity index (χ1v) is 12.2. The van der Waals surface area contributed by atoms with Crippen LogP contribution in [0.25, 0.3) is 21.8 Å². The van der Waals surface area contributed by atoms with Crippen LogP contribution in [-0.2, 0) is 25.7 Å². The highest BCUT2D eigenvalue weighted by Crippen LogP contribution is 2.35. The zero-order valence-corrected chi connectivity index (χ0v) is 20.8. The molecular formula is C29H24N4O6. The summed E-state index contributed by atoms with van der Waals surface area (Å²) >= 11 is 0. The van der Waals surface area contributed by atoms with Crippen molar-refractivity contribution < 1.29 is 28.8 Å². The highest BCUT2D eigenvalue weighted by molar-refractivity contribution is 6.14. The first-order chi connectivity index (χ1) is 18.9. The number of benzene rings is 3. The first-order valence-electron chi connectivity index (χ1n) is 12.2. The van der Waals surface area contributed by atoms with Gasteiger partial charge in [0.15, 0.2) is 0 Å². The number of para-hydroxylation sites is 2. The number of carbonyl (C=O) groups excluding carboxylic acids is 4. The largest absolute Gasteiger partial charge is 0.445 e. The predicted octanol–water partition coefficient (Wildman–Crippen LogP) is 4.76. The van der Waals surface area contributed by atoms with Gasteiger partial charge in [0.2, 0.25) is 0 Å². The van der Waals surface area contributed by atoms with E-state index >= 15 is 0 Å². The van der Waals surface area contributed by atoms with Crippen LogP contribution in [0.5, 0.6) is 0 Å². The summed E-state index contributed by atoms with van der Waals surface area (Å²) in [5.74, 6) is -1.95. The van der Waals surface area contributed by atoms with Crippen molar-refractivity contribution in [1.82, 2.24) is 15.4 Å². The molecule has 3 amide bonds. The first kappa shape index (κ1) is 25.4. The molecular weight excluding hydrogens is 500 g/mol. The van der Waals surface area contributed by atoms with Gasteiger partial charge in [-0.1, -0.05) is 55.1 Å². The van der Waals surface area contributed by atoms with E-state index in [0.29, 0.717) is 28.0 Å². The summed E-state index contributed by atoms with van der Waals surface area (Å²) in [5.41, 5.74) is 3.49. The smallest absolute Gasteiger partial charge is 0.407 e. The van der Waals surface area contributed by atoms with Crippen LogP contribution in [0.4, 0.5) is 16.2 Å². The molecule has 1 fully saturated rings. The Labute approximate surface area is 223 Å². The third-order valence-corrected chi connectivity index (χ3v) is 6.10. The molecule has 0 spiro atoms. The van der Waals surface area contributed by atoms with Gasteiger partial charge < -0.3 is 20.2 Å². The van der Waals surface area contributed by atoms with Crippen LogP contribution in [-0.4, -0.2) is 40.5 Å². The van der Waals surface area contributed by atoms with E-state index in [-0.39, 0.29) is 25.0 Å². The molecule has 0 aliphatic carbocycles. The molecule has 1 saturated heterocycles. The molecule has 1 aliphatic rings. The fourth-order valence-corrected chi connectivity index (χ4v) is 4.21. The molecule has 10 heteroatoms. The van der Waals surface area contributed by atoms with Gasteiger partial charge in [-0.3, -0.25) is 9.59 Å². The van der Waals surface area contributed by atoms with Crippen molar-refractivity contribution in [2.24, 2.45) is 0 Å². The predicted molar refractivity (Wildman–Crippen MR) is 144 cm³/mol. The molecule has 0 radical (unpaired) electrons. The van der Waals surface area contributed by atoms with Crippen LogP contribution in [0.3, 0.4) is 0 Å². The van der Waals surface area contributed by atoms with Crippen molar-refractivity contribution in [1.29, 1.82) is 0 Å². The summed E-state index contributed by atoms with van der Waals surface area (Å²) in [7, 11) is 0. The molecule has 10 nitrogen and oxygen atoms in total. The Hall–Kier alpha value is -5.25. The third-order valence-electron chi connectivity index (χ3n) is 6.10. The molecule has 39 heavy (non-hydrogen) atoms. The number of fused-ring (bicyclic) bond motifs is 2. The Bertz CT molecular complexity index is 1600. The maximum atomic E-state index is 13.0. The van der Waals surface area contributed by atoms with Crippen LogP contribution in [0.15, 0.2) is 79.4 Å². The number of carbonyl (C=O) groups is 4. The average molecular weight is 525 g/mol. The molecule has 4 aromatic rings. The van der Waals surface area contributed by atoms with Gasteiger partial charge in [-0.15, -0.1) is 5.06 Å². The van der Waals surface area contributed by atoms with Crippen molar-refractivity contribution in [2.75, 3.05) is 11.9 Å². The summed E-state index contributed by atoms with van der Waals surface area (Å²) in [6.45, 7) is 3.94. The standard InChI is InChI=1S/C29H24N4O6/c1-2-16-38-29(37)30-17-18-10-12-19(13-11-18)31-26-20-6-3-4-9-23(20)32-27-21(26)7-5-8-22(27)28(36)39-33-24(34)14-15-25(33)35/h2-13H,1,14-17H2,(H,30,37)(H,31,32). The Morgan fingerprint density at radius 1 is 0.949 bits per heavy atom. The number of nitrogens with zero attached hydrogens (tertiary/aromatic N) is 2. The second-order valence-electron chi connectivity index (χ2n) is 8.73. The summed E-state index contributed by atoms with van der Waals surface area (Å²) in [5, 5.41) is 8.11. The number of pyridine rings is 1. The number of rotatable bonds is 8. The lowest BCUT2D eigenvalue weighted by Gasteiger charge is -2.16. The van der Waals surface area contributed by atoms with Crippen LogP contribution >= 0.6 is 0 Å². The Morgan fingerprint density at radius 2 is 1.67 bits per heavy atom. The van der Waals surface area contributed by atoms with E-state index in [1.807, 2.05) is 54.6 Å². The average Bonchev–Trinajstić information content (AvgIpc) is 3.27. The second-order valence-corrected chi connectivity index (χ2v) is 8.73. The van der Waals surface area contributed by atoms with E-state index in [4.69, 9.17) is 14.6 Å². The number of hydroxylamine groups is 2. The van der Waals surface area contributed by atoms with Crippen LogP contribution in [0, 0.1) is 0 Å². The second kappa shape index (κ2) is 11.0.